The molecular formula is C21H33FN6O4. The van der Waals surface area contributed by atoms with Gasteiger partial charge in [0.1, 0.15) is 5.82 Å². The molecule has 1 aliphatic carbocycles. The number of β-amino-alcohol motifs (C(OH)–C–C–N with tert-alkyl or cyclic N) is 1. The number of amides is 2. The minimum Gasteiger partial charge on any atom is -0.465 e. The van der Waals surface area contributed by atoms with Gasteiger partial charge in [-0.15, -0.1) is 0 Å². The number of aromatic nitrogens is 2. The van der Waals surface area contributed by atoms with Gasteiger partial charge in [0.2, 0.25) is 11.7 Å². The normalized spacial score (nSPS) is 21.4. The summed E-state index contributed by atoms with van der Waals surface area (Å²) in [7, 11) is 0. The molecule has 178 valence electrons. The quantitative estimate of drug-likeness (QED) is 0.378. The van der Waals surface area contributed by atoms with Gasteiger partial charge in [0.25, 0.3) is 0 Å². The largest absolute Gasteiger partial charge is 0.465 e. The number of carboxylic acid groups (broad SMARTS) is 1. The lowest BCUT2D eigenvalue weighted by Gasteiger charge is -2.23. The summed E-state index contributed by atoms with van der Waals surface area (Å²) in [4.78, 5) is 33.6. The molecule has 0 bridgehead atoms. The maximum Gasteiger partial charge on any atom is 0.404 e. The number of hydrazine groups is 1. The van der Waals surface area contributed by atoms with Crippen LogP contribution >= 0.6 is 0 Å². The Hall–Kier alpha value is -2.69. The number of aliphatic hydroxyl groups is 1. The predicted octanol–water partition coefficient (Wildman–Crippen LogP) is 2.04. The van der Waals surface area contributed by atoms with E-state index in [2.05, 4.69) is 26.1 Å². The van der Waals surface area contributed by atoms with Crippen LogP contribution in [0.4, 0.5) is 20.8 Å². The molecule has 0 aromatic carbocycles. The zero-order chi connectivity index (χ0) is 23.5. The Morgan fingerprint density at radius 3 is 2.56 bits per heavy atom. The van der Waals surface area contributed by atoms with E-state index in [1.165, 1.54) is 0 Å². The third kappa shape index (κ3) is 5.76. The summed E-state index contributed by atoms with van der Waals surface area (Å²) >= 11 is 0. The van der Waals surface area contributed by atoms with Crippen molar-refractivity contribution in [3.05, 3.63) is 11.6 Å². The molecule has 2 heterocycles. The second-order valence-corrected chi connectivity index (χ2v) is 9.53. The summed E-state index contributed by atoms with van der Waals surface area (Å²) in [6.45, 7) is 6.08. The van der Waals surface area contributed by atoms with Crippen LogP contribution < -0.4 is 21.1 Å². The first-order valence-electron chi connectivity index (χ1n) is 11.1. The van der Waals surface area contributed by atoms with E-state index in [9.17, 15) is 14.7 Å². The second kappa shape index (κ2) is 9.85. The first kappa shape index (κ1) is 24.0. The molecule has 5 N–H and O–H groups in total. The number of hydrogen-bond acceptors (Lipinski definition) is 7. The van der Waals surface area contributed by atoms with E-state index in [-0.39, 0.29) is 24.7 Å². The molecule has 10 nitrogen and oxygen atoms in total. The predicted molar refractivity (Wildman–Crippen MR) is 117 cm³/mol. The Bertz CT molecular complexity index is 846. The number of aliphatic hydroxyl groups excluding tert-OH is 1. The lowest BCUT2D eigenvalue weighted by molar-refractivity contribution is -0.124. The fourth-order valence-corrected chi connectivity index (χ4v) is 4.48. The minimum atomic E-state index is -1.19. The Balaban J connectivity index is 1.69. The van der Waals surface area contributed by atoms with Gasteiger partial charge in [0.05, 0.1) is 12.0 Å². The van der Waals surface area contributed by atoms with Gasteiger partial charge in [-0.3, -0.25) is 15.6 Å². The summed E-state index contributed by atoms with van der Waals surface area (Å²) in [6, 6.07) is 0. The standard InChI is InChI=1S/C21H33FN6O4/c1-12-24-17(16(22)18(25-12)28-10-15(29)21(2,3)11-28)26-27-19(30)14(9-23-20(31)32)8-13-6-4-5-7-13/h13-15,23,29H,4-11H2,1-3H3,(H,27,30)(H,31,32)(H,24,25,26)/t14-,15-/m1/s1. The summed E-state index contributed by atoms with van der Waals surface area (Å²) in [5, 5.41) is 21.4. The summed E-state index contributed by atoms with van der Waals surface area (Å²) in [5.74, 6) is -1.16. The number of rotatable bonds is 8. The molecule has 2 amide bonds. The molecule has 32 heavy (non-hydrogen) atoms. The van der Waals surface area contributed by atoms with Gasteiger partial charge in [0, 0.05) is 25.0 Å². The number of nitrogens with zero attached hydrogens (tertiary/aromatic N) is 3. The van der Waals surface area contributed by atoms with Crippen molar-refractivity contribution in [2.45, 2.75) is 59.0 Å². The van der Waals surface area contributed by atoms with Crippen LogP contribution in [0.15, 0.2) is 0 Å². The Labute approximate surface area is 187 Å². The number of hydrogen-bond donors (Lipinski definition) is 5. The minimum absolute atomic E-state index is 0.0172. The molecule has 2 aliphatic rings. The van der Waals surface area contributed by atoms with Crippen molar-refractivity contribution in [3.8, 4) is 0 Å². The van der Waals surface area contributed by atoms with E-state index in [1.54, 1.807) is 11.8 Å². The molecule has 0 spiro atoms. The van der Waals surface area contributed by atoms with E-state index in [1.807, 2.05) is 13.8 Å². The van der Waals surface area contributed by atoms with Crippen molar-refractivity contribution in [2.75, 3.05) is 30.0 Å². The number of nitrogens with one attached hydrogen (secondary N) is 3. The molecule has 0 radical (unpaired) electrons. The van der Waals surface area contributed by atoms with E-state index < -0.39 is 35.3 Å². The highest BCUT2D eigenvalue weighted by Gasteiger charge is 2.40. The van der Waals surface area contributed by atoms with Crippen molar-refractivity contribution in [1.29, 1.82) is 0 Å². The summed E-state index contributed by atoms with van der Waals surface area (Å²) < 4.78 is 15.2. The van der Waals surface area contributed by atoms with Crippen molar-refractivity contribution in [3.63, 3.8) is 0 Å². The first-order valence-corrected chi connectivity index (χ1v) is 11.1. The van der Waals surface area contributed by atoms with E-state index in [0.29, 0.717) is 24.7 Å². The van der Waals surface area contributed by atoms with Crippen LogP contribution in [-0.4, -0.2) is 57.9 Å². The monoisotopic (exact) mass is 452 g/mol. The SMILES string of the molecule is Cc1nc(NNC(=O)[C@@H](CNC(=O)O)CC2CCCC2)c(F)c(N2C[C@@H](O)C(C)(C)C2)n1. The lowest BCUT2D eigenvalue weighted by Crippen LogP contribution is -2.42. The molecule has 1 aromatic rings. The summed E-state index contributed by atoms with van der Waals surface area (Å²) in [6.07, 6.45) is 3.01. The van der Waals surface area contributed by atoms with Crippen LogP contribution in [-0.2, 0) is 4.79 Å². The van der Waals surface area contributed by atoms with Crippen LogP contribution in [0.3, 0.4) is 0 Å². The van der Waals surface area contributed by atoms with Crippen molar-refractivity contribution in [1.82, 2.24) is 20.7 Å². The van der Waals surface area contributed by atoms with Gasteiger partial charge in [-0.2, -0.15) is 4.39 Å². The van der Waals surface area contributed by atoms with Gasteiger partial charge >= 0.3 is 6.09 Å². The lowest BCUT2D eigenvalue weighted by atomic mass is 9.90. The molecule has 11 heteroatoms. The van der Waals surface area contributed by atoms with Crippen LogP contribution in [0, 0.1) is 30.0 Å². The molecule has 3 rings (SSSR count). The van der Waals surface area contributed by atoms with E-state index in [4.69, 9.17) is 5.11 Å². The van der Waals surface area contributed by atoms with Crippen LogP contribution in [0.2, 0.25) is 0 Å². The highest BCUT2D eigenvalue weighted by atomic mass is 19.1. The molecule has 2 atom stereocenters. The average molecular weight is 453 g/mol. The van der Waals surface area contributed by atoms with Crippen LogP contribution in [0.25, 0.3) is 0 Å². The molecular weight excluding hydrogens is 419 g/mol. The Kier molecular flexibility index (Phi) is 7.37. The highest BCUT2D eigenvalue weighted by Crippen LogP contribution is 2.34. The molecule has 1 aliphatic heterocycles. The second-order valence-electron chi connectivity index (χ2n) is 9.53. The van der Waals surface area contributed by atoms with Gasteiger partial charge in [-0.25, -0.2) is 14.8 Å². The molecule has 1 saturated carbocycles. The zero-order valence-corrected chi connectivity index (χ0v) is 18.8. The van der Waals surface area contributed by atoms with Crippen molar-refractivity contribution in [2.24, 2.45) is 17.3 Å². The first-order chi connectivity index (χ1) is 15.1. The smallest absolute Gasteiger partial charge is 0.404 e. The van der Waals surface area contributed by atoms with Gasteiger partial charge in [-0.05, 0) is 19.3 Å². The number of aryl methyl sites for hydroxylation is 1. The van der Waals surface area contributed by atoms with Crippen molar-refractivity contribution >= 4 is 23.6 Å². The number of halogens is 1. The number of carbonyl (C=O) groups excluding carboxylic acids is 1. The number of carbonyl (C=O) groups is 2. The maximum atomic E-state index is 15.2. The Morgan fingerprint density at radius 2 is 1.97 bits per heavy atom. The summed E-state index contributed by atoms with van der Waals surface area (Å²) in [5.41, 5.74) is 4.63. The highest BCUT2D eigenvalue weighted by molar-refractivity contribution is 5.80. The van der Waals surface area contributed by atoms with E-state index >= 15 is 4.39 Å². The Morgan fingerprint density at radius 1 is 1.28 bits per heavy atom. The fourth-order valence-electron chi connectivity index (χ4n) is 4.48. The zero-order valence-electron chi connectivity index (χ0n) is 18.8. The van der Waals surface area contributed by atoms with Crippen LogP contribution in [0.1, 0.15) is 51.8 Å². The third-order valence-electron chi connectivity index (χ3n) is 6.41. The fraction of sp³-hybridized carbons (Fsp3) is 0.714. The van der Waals surface area contributed by atoms with E-state index in [0.717, 1.165) is 25.7 Å². The van der Waals surface area contributed by atoms with Crippen LogP contribution in [0.5, 0.6) is 0 Å². The average Bonchev–Trinajstić information content (AvgIpc) is 3.32. The number of anilines is 2. The van der Waals surface area contributed by atoms with Gasteiger partial charge in [0.15, 0.2) is 11.6 Å². The molecule has 2 fully saturated rings. The van der Waals surface area contributed by atoms with Crippen molar-refractivity contribution < 1.29 is 24.2 Å². The molecule has 0 unspecified atom stereocenters. The maximum absolute atomic E-state index is 15.2. The molecule has 1 aromatic heterocycles. The molecule has 1 saturated heterocycles. The topological polar surface area (TPSA) is 140 Å². The third-order valence-corrected chi connectivity index (χ3v) is 6.41. The van der Waals surface area contributed by atoms with Gasteiger partial charge < -0.3 is 20.4 Å². The van der Waals surface area contributed by atoms with Gasteiger partial charge in [-0.1, -0.05) is 39.5 Å².